The quantitative estimate of drug-likeness (QED) is 0.714. The lowest BCUT2D eigenvalue weighted by Crippen LogP contribution is -2.28. The van der Waals surface area contributed by atoms with Gasteiger partial charge in [0.2, 0.25) is 5.91 Å². The molecule has 0 aliphatic rings. The molecule has 0 aromatic heterocycles. The van der Waals surface area contributed by atoms with Gasteiger partial charge in [-0.25, -0.2) is 8.78 Å². The molecule has 2 amide bonds. The molecule has 0 radical (unpaired) electrons. The number of carbonyl (C=O) groups excluding carboxylic acids is 2. The maximum absolute atomic E-state index is 13.6. The summed E-state index contributed by atoms with van der Waals surface area (Å²) in [5, 5.41) is 5.44. The second kappa shape index (κ2) is 9.33. The lowest BCUT2D eigenvalue weighted by atomic mass is 10.1. The molecule has 26 heavy (non-hydrogen) atoms. The third-order valence-electron chi connectivity index (χ3n) is 3.37. The Morgan fingerprint density at radius 3 is 2.58 bits per heavy atom. The first-order chi connectivity index (χ1) is 12.4. The molecule has 2 aromatic rings. The molecule has 0 atom stereocenters. The number of hydrogen-bond acceptors (Lipinski definition) is 3. The van der Waals surface area contributed by atoms with E-state index < -0.39 is 17.5 Å². The van der Waals surface area contributed by atoms with Gasteiger partial charge < -0.3 is 10.6 Å². The van der Waals surface area contributed by atoms with Gasteiger partial charge in [0.1, 0.15) is 11.6 Å². The van der Waals surface area contributed by atoms with E-state index >= 15 is 0 Å². The van der Waals surface area contributed by atoms with E-state index in [2.05, 4.69) is 10.6 Å². The van der Waals surface area contributed by atoms with Gasteiger partial charge in [-0.2, -0.15) is 0 Å². The van der Waals surface area contributed by atoms with E-state index in [1.807, 2.05) is 13.8 Å². The van der Waals surface area contributed by atoms with Crippen molar-refractivity contribution in [1.29, 1.82) is 0 Å². The van der Waals surface area contributed by atoms with Gasteiger partial charge in [-0.05, 0) is 36.2 Å². The molecule has 0 spiro atoms. The van der Waals surface area contributed by atoms with E-state index in [-0.39, 0.29) is 16.6 Å². The van der Waals surface area contributed by atoms with Crippen molar-refractivity contribution in [2.75, 3.05) is 17.6 Å². The summed E-state index contributed by atoms with van der Waals surface area (Å²) in [4.78, 5) is 24.5. The molecule has 0 unspecified atom stereocenters. The predicted octanol–water partition coefficient (Wildman–Crippen LogP) is 4.08. The Balaban J connectivity index is 2.00. The second-order valence-corrected chi connectivity index (χ2v) is 7.08. The van der Waals surface area contributed by atoms with Crippen LogP contribution in [0, 0.1) is 17.6 Å². The highest BCUT2D eigenvalue weighted by Gasteiger charge is 2.14. The van der Waals surface area contributed by atoms with Crippen LogP contribution in [0.15, 0.2) is 47.4 Å². The molecule has 2 aromatic carbocycles. The number of carbonyl (C=O) groups is 2. The number of amides is 2. The normalized spacial score (nSPS) is 10.7. The molecule has 7 heteroatoms. The van der Waals surface area contributed by atoms with Crippen LogP contribution in [0.3, 0.4) is 0 Å². The van der Waals surface area contributed by atoms with Crippen molar-refractivity contribution in [2.45, 2.75) is 18.7 Å². The maximum Gasteiger partial charge on any atom is 0.253 e. The van der Waals surface area contributed by atoms with Gasteiger partial charge in [-0.1, -0.05) is 26.0 Å². The summed E-state index contributed by atoms with van der Waals surface area (Å²) in [7, 11) is 0. The molecule has 0 bridgehead atoms. The second-order valence-electron chi connectivity index (χ2n) is 6.06. The molecule has 0 aliphatic heterocycles. The number of para-hydroxylation sites is 1. The zero-order valence-corrected chi connectivity index (χ0v) is 15.3. The van der Waals surface area contributed by atoms with E-state index in [1.54, 1.807) is 24.3 Å². The number of anilines is 1. The van der Waals surface area contributed by atoms with Crippen molar-refractivity contribution in [3.63, 3.8) is 0 Å². The van der Waals surface area contributed by atoms with Crippen molar-refractivity contribution in [2.24, 2.45) is 5.92 Å². The Morgan fingerprint density at radius 2 is 1.85 bits per heavy atom. The molecule has 0 saturated carbocycles. The number of benzene rings is 2. The van der Waals surface area contributed by atoms with Crippen LogP contribution in [-0.2, 0) is 4.79 Å². The molecule has 0 fully saturated rings. The van der Waals surface area contributed by atoms with Gasteiger partial charge in [0.05, 0.1) is 17.0 Å². The molecule has 138 valence electrons. The zero-order valence-electron chi connectivity index (χ0n) is 14.5. The van der Waals surface area contributed by atoms with Gasteiger partial charge in [0.25, 0.3) is 5.91 Å². The summed E-state index contributed by atoms with van der Waals surface area (Å²) in [6, 6.07) is 9.72. The van der Waals surface area contributed by atoms with E-state index in [4.69, 9.17) is 0 Å². The maximum atomic E-state index is 13.6. The molecule has 0 aliphatic carbocycles. The Labute approximate surface area is 155 Å². The Hall–Kier alpha value is -2.41. The van der Waals surface area contributed by atoms with E-state index in [1.165, 1.54) is 0 Å². The van der Waals surface area contributed by atoms with E-state index in [0.29, 0.717) is 23.7 Å². The third-order valence-corrected chi connectivity index (χ3v) is 4.40. The van der Waals surface area contributed by atoms with Crippen LogP contribution in [0.25, 0.3) is 0 Å². The van der Waals surface area contributed by atoms with Gasteiger partial charge in [0.15, 0.2) is 0 Å². The van der Waals surface area contributed by atoms with E-state index in [9.17, 15) is 18.4 Å². The highest BCUT2D eigenvalue weighted by molar-refractivity contribution is 8.00. The SMILES string of the molecule is CC(C)CNC(=O)c1ccccc1NC(=O)CSc1cc(F)ccc1F. The molecule has 2 rings (SSSR count). The average Bonchev–Trinajstić information content (AvgIpc) is 2.61. The van der Waals surface area contributed by atoms with Gasteiger partial charge in [0, 0.05) is 11.4 Å². The van der Waals surface area contributed by atoms with Crippen molar-refractivity contribution in [3.8, 4) is 0 Å². The molecule has 2 N–H and O–H groups in total. The highest BCUT2D eigenvalue weighted by atomic mass is 32.2. The van der Waals surface area contributed by atoms with Gasteiger partial charge in [-0.15, -0.1) is 11.8 Å². The fourth-order valence-corrected chi connectivity index (χ4v) is 2.86. The van der Waals surface area contributed by atoms with Crippen molar-refractivity contribution in [1.82, 2.24) is 5.32 Å². The number of nitrogens with one attached hydrogen (secondary N) is 2. The average molecular weight is 378 g/mol. The summed E-state index contributed by atoms with van der Waals surface area (Å²) in [5.41, 5.74) is 0.725. The Bertz CT molecular complexity index is 797. The lowest BCUT2D eigenvalue weighted by molar-refractivity contribution is -0.113. The summed E-state index contributed by atoms with van der Waals surface area (Å²) in [5.74, 6) is -1.65. The molecule has 0 saturated heterocycles. The first-order valence-corrected chi connectivity index (χ1v) is 9.10. The lowest BCUT2D eigenvalue weighted by Gasteiger charge is -2.12. The van der Waals surface area contributed by atoms with Crippen LogP contribution >= 0.6 is 11.8 Å². The zero-order chi connectivity index (χ0) is 19.1. The Kier molecular flexibility index (Phi) is 7.15. The van der Waals surface area contributed by atoms with Crippen LogP contribution in [0.5, 0.6) is 0 Å². The predicted molar refractivity (Wildman–Crippen MR) is 99.3 cm³/mol. The first kappa shape index (κ1) is 19.9. The topological polar surface area (TPSA) is 58.2 Å². The van der Waals surface area contributed by atoms with Crippen LogP contribution in [0.1, 0.15) is 24.2 Å². The van der Waals surface area contributed by atoms with Crippen molar-refractivity contribution < 1.29 is 18.4 Å². The largest absolute Gasteiger partial charge is 0.352 e. The van der Waals surface area contributed by atoms with Gasteiger partial charge >= 0.3 is 0 Å². The minimum atomic E-state index is -0.585. The fraction of sp³-hybridized carbons (Fsp3) is 0.263. The van der Waals surface area contributed by atoms with Crippen LogP contribution in [0.2, 0.25) is 0 Å². The highest BCUT2D eigenvalue weighted by Crippen LogP contribution is 2.23. The van der Waals surface area contributed by atoms with Crippen LogP contribution < -0.4 is 10.6 Å². The number of thioether (sulfide) groups is 1. The summed E-state index contributed by atoms with van der Waals surface area (Å²) in [6.45, 7) is 4.49. The summed E-state index contributed by atoms with van der Waals surface area (Å²) >= 11 is 0.889. The van der Waals surface area contributed by atoms with Crippen molar-refractivity contribution in [3.05, 3.63) is 59.7 Å². The van der Waals surface area contributed by atoms with Gasteiger partial charge in [-0.3, -0.25) is 9.59 Å². The number of halogens is 2. The minimum absolute atomic E-state index is 0.0584. The first-order valence-electron chi connectivity index (χ1n) is 8.11. The number of rotatable bonds is 7. The summed E-state index contributed by atoms with van der Waals surface area (Å²) < 4.78 is 26.8. The standard InChI is InChI=1S/C19H20F2N2O2S/c1-12(2)10-22-19(25)14-5-3-4-6-16(14)23-18(24)11-26-17-9-13(20)7-8-15(17)21/h3-9,12H,10-11H2,1-2H3,(H,22,25)(H,23,24). The molecule has 0 heterocycles. The minimum Gasteiger partial charge on any atom is -0.352 e. The Morgan fingerprint density at radius 1 is 1.12 bits per heavy atom. The third kappa shape index (κ3) is 5.84. The smallest absolute Gasteiger partial charge is 0.253 e. The fourth-order valence-electron chi connectivity index (χ4n) is 2.10. The monoisotopic (exact) mass is 378 g/mol. The van der Waals surface area contributed by atoms with Crippen molar-refractivity contribution >= 4 is 29.3 Å². The van der Waals surface area contributed by atoms with Crippen LogP contribution in [0.4, 0.5) is 14.5 Å². The molecular formula is C19H20F2N2O2S. The molecule has 4 nitrogen and oxygen atoms in total. The summed E-state index contributed by atoms with van der Waals surface area (Å²) in [6.07, 6.45) is 0. The molecular weight excluding hydrogens is 358 g/mol. The van der Waals surface area contributed by atoms with Crippen LogP contribution in [-0.4, -0.2) is 24.1 Å². The number of hydrogen-bond donors (Lipinski definition) is 2. The van der Waals surface area contributed by atoms with E-state index in [0.717, 1.165) is 30.0 Å².